The second-order valence-electron chi connectivity index (χ2n) is 2.50. The zero-order valence-corrected chi connectivity index (χ0v) is 7.18. The van der Waals surface area contributed by atoms with Gasteiger partial charge in [0.2, 0.25) is 0 Å². The van der Waals surface area contributed by atoms with Gasteiger partial charge in [0, 0.05) is 18.8 Å². The van der Waals surface area contributed by atoms with E-state index < -0.39 is 0 Å². The van der Waals surface area contributed by atoms with E-state index in [1.165, 1.54) is 23.5 Å². The molecule has 0 radical (unpaired) electrons. The van der Waals surface area contributed by atoms with Gasteiger partial charge in [0.05, 0.1) is 6.20 Å². The van der Waals surface area contributed by atoms with E-state index >= 15 is 0 Å². The molecule has 0 aliphatic heterocycles. The molecule has 0 atom stereocenters. The van der Waals surface area contributed by atoms with Crippen molar-refractivity contribution >= 4 is 5.84 Å². The Hall–Kier alpha value is -1.82. The van der Waals surface area contributed by atoms with Crippen LogP contribution in [0.15, 0.2) is 23.6 Å². The van der Waals surface area contributed by atoms with Crippen molar-refractivity contribution in [2.24, 2.45) is 16.8 Å². The van der Waals surface area contributed by atoms with E-state index in [1.807, 2.05) is 0 Å². The zero-order valence-electron chi connectivity index (χ0n) is 7.18. The van der Waals surface area contributed by atoms with Crippen LogP contribution in [0.25, 0.3) is 0 Å². The Morgan fingerprint density at radius 3 is 2.77 bits per heavy atom. The van der Waals surface area contributed by atoms with Crippen molar-refractivity contribution < 1.29 is 5.11 Å². The highest BCUT2D eigenvalue weighted by Gasteiger charge is 2.06. The van der Waals surface area contributed by atoms with Crippen LogP contribution in [-0.4, -0.2) is 28.0 Å². The second kappa shape index (κ2) is 3.72. The summed E-state index contributed by atoms with van der Waals surface area (Å²) in [7, 11) is 1.59. The number of pyridine rings is 1. The summed E-state index contributed by atoms with van der Waals surface area (Å²) in [5.41, 5.74) is 0.563. The fraction of sp³-hybridized carbons (Fsp3) is 0.143. The molecule has 70 valence electrons. The van der Waals surface area contributed by atoms with E-state index in [0.29, 0.717) is 11.4 Å². The van der Waals surface area contributed by atoms with E-state index in [4.69, 9.17) is 16.8 Å². The van der Waals surface area contributed by atoms with Gasteiger partial charge in [-0.3, -0.25) is 9.99 Å². The van der Waals surface area contributed by atoms with Crippen LogP contribution in [0.5, 0.6) is 5.75 Å². The summed E-state index contributed by atoms with van der Waals surface area (Å²) in [4.78, 5) is 3.77. The van der Waals surface area contributed by atoms with Crippen LogP contribution in [0, 0.1) is 0 Å². The quantitative estimate of drug-likeness (QED) is 0.228. The Kier molecular flexibility index (Phi) is 2.65. The Bertz CT molecular complexity index is 322. The first-order chi connectivity index (χ1) is 6.15. The number of aromatic hydroxyl groups is 1. The van der Waals surface area contributed by atoms with Crippen molar-refractivity contribution in [3.05, 3.63) is 24.0 Å². The molecule has 6 heteroatoms. The molecule has 0 aliphatic rings. The first kappa shape index (κ1) is 9.27. The number of hydrazine groups is 1. The Labute approximate surface area is 75.5 Å². The van der Waals surface area contributed by atoms with Crippen molar-refractivity contribution in [3.63, 3.8) is 0 Å². The van der Waals surface area contributed by atoms with Crippen LogP contribution in [-0.2, 0) is 0 Å². The normalized spacial score (nSPS) is 11.4. The lowest BCUT2D eigenvalue weighted by atomic mass is 10.2. The number of aromatic nitrogens is 1. The van der Waals surface area contributed by atoms with Crippen molar-refractivity contribution in [1.82, 2.24) is 9.99 Å². The van der Waals surface area contributed by atoms with Gasteiger partial charge >= 0.3 is 0 Å². The highest BCUT2D eigenvalue weighted by Crippen LogP contribution is 2.09. The molecule has 0 unspecified atom stereocenters. The van der Waals surface area contributed by atoms with E-state index in [-0.39, 0.29) is 5.75 Å². The summed E-state index contributed by atoms with van der Waals surface area (Å²) in [6, 6.07) is 1.47. The van der Waals surface area contributed by atoms with Crippen molar-refractivity contribution in [1.29, 1.82) is 0 Å². The lowest BCUT2D eigenvalue weighted by Crippen LogP contribution is -2.34. The average Bonchev–Trinajstić information content (AvgIpc) is 2.04. The zero-order chi connectivity index (χ0) is 9.84. The average molecular weight is 181 g/mol. The summed E-state index contributed by atoms with van der Waals surface area (Å²) in [6.07, 6.45) is 2.82. The molecular formula is C7H11N5O. The molecule has 6 nitrogen and oxygen atoms in total. The van der Waals surface area contributed by atoms with Gasteiger partial charge in [-0.1, -0.05) is 0 Å². The molecular weight excluding hydrogens is 170 g/mol. The molecule has 13 heavy (non-hydrogen) atoms. The molecule has 0 saturated heterocycles. The maximum absolute atomic E-state index is 9.12. The maximum atomic E-state index is 9.12. The number of nitrogens with zero attached hydrogens (tertiary/aromatic N) is 3. The van der Waals surface area contributed by atoms with E-state index in [2.05, 4.69) is 10.1 Å². The highest BCUT2D eigenvalue weighted by atomic mass is 16.3. The van der Waals surface area contributed by atoms with Crippen LogP contribution in [0.2, 0.25) is 0 Å². The summed E-state index contributed by atoms with van der Waals surface area (Å²) in [6.45, 7) is 0. The van der Waals surface area contributed by atoms with Crippen LogP contribution in [0.4, 0.5) is 0 Å². The van der Waals surface area contributed by atoms with Crippen LogP contribution < -0.4 is 11.7 Å². The van der Waals surface area contributed by atoms with Crippen molar-refractivity contribution in [2.75, 3.05) is 7.05 Å². The van der Waals surface area contributed by atoms with Gasteiger partial charge in [-0.15, -0.1) is 0 Å². The van der Waals surface area contributed by atoms with Gasteiger partial charge in [0.15, 0.2) is 5.84 Å². The Morgan fingerprint density at radius 1 is 1.62 bits per heavy atom. The minimum Gasteiger partial charge on any atom is -0.506 e. The SMILES string of the molecule is CN(N)/C(=N\N)c1cncc(O)c1. The predicted molar refractivity (Wildman–Crippen MR) is 48.6 cm³/mol. The third kappa shape index (κ3) is 2.06. The molecule has 1 aromatic rings. The molecule has 5 N–H and O–H groups in total. The van der Waals surface area contributed by atoms with Gasteiger partial charge in [0.1, 0.15) is 5.75 Å². The van der Waals surface area contributed by atoms with Gasteiger partial charge in [-0.05, 0) is 6.07 Å². The second-order valence-corrected chi connectivity index (χ2v) is 2.50. The highest BCUT2D eigenvalue weighted by molar-refractivity contribution is 5.98. The van der Waals surface area contributed by atoms with Gasteiger partial charge in [0.25, 0.3) is 0 Å². The van der Waals surface area contributed by atoms with Crippen molar-refractivity contribution in [3.8, 4) is 5.75 Å². The third-order valence-electron chi connectivity index (χ3n) is 1.44. The number of hydrazone groups is 1. The molecule has 0 bridgehead atoms. The number of hydrogen-bond donors (Lipinski definition) is 3. The van der Waals surface area contributed by atoms with Gasteiger partial charge < -0.3 is 10.9 Å². The summed E-state index contributed by atoms with van der Waals surface area (Å²) in [5, 5.41) is 13.8. The standard InChI is InChI=1S/C7H11N5O/c1-12(9)7(11-8)5-2-6(13)4-10-3-5/h2-4,13H,8-9H2,1H3/b11-7-. The third-order valence-corrected chi connectivity index (χ3v) is 1.44. The monoisotopic (exact) mass is 181 g/mol. The molecule has 0 fully saturated rings. The maximum Gasteiger partial charge on any atom is 0.170 e. The van der Waals surface area contributed by atoms with E-state index in [1.54, 1.807) is 7.05 Å². The lowest BCUT2D eigenvalue weighted by Gasteiger charge is -2.13. The number of nitrogens with two attached hydrogens (primary N) is 2. The van der Waals surface area contributed by atoms with Crippen LogP contribution >= 0.6 is 0 Å². The smallest absolute Gasteiger partial charge is 0.170 e. The van der Waals surface area contributed by atoms with Crippen LogP contribution in [0.1, 0.15) is 5.56 Å². The molecule has 0 saturated carbocycles. The first-order valence-electron chi connectivity index (χ1n) is 3.56. The number of amidine groups is 1. The fourth-order valence-corrected chi connectivity index (χ4v) is 0.919. The Balaban J connectivity index is 3.06. The minimum absolute atomic E-state index is 0.0421. The summed E-state index contributed by atoms with van der Waals surface area (Å²) >= 11 is 0. The minimum atomic E-state index is 0.0421. The molecule has 0 aliphatic carbocycles. The molecule has 0 spiro atoms. The molecule has 1 heterocycles. The van der Waals surface area contributed by atoms with Crippen LogP contribution in [0.3, 0.4) is 0 Å². The molecule has 0 amide bonds. The van der Waals surface area contributed by atoms with Crippen molar-refractivity contribution in [2.45, 2.75) is 0 Å². The number of hydrogen-bond acceptors (Lipinski definition) is 5. The molecule has 1 rings (SSSR count). The van der Waals surface area contributed by atoms with E-state index in [0.717, 1.165) is 0 Å². The fourth-order valence-electron chi connectivity index (χ4n) is 0.919. The first-order valence-corrected chi connectivity index (χ1v) is 3.56. The topological polar surface area (TPSA) is 101 Å². The molecule has 0 aromatic carbocycles. The summed E-state index contributed by atoms with van der Waals surface area (Å²) in [5.74, 6) is 10.9. The molecule has 1 aromatic heterocycles. The van der Waals surface area contributed by atoms with Gasteiger partial charge in [-0.25, -0.2) is 5.84 Å². The lowest BCUT2D eigenvalue weighted by molar-refractivity contribution is 0.472. The van der Waals surface area contributed by atoms with E-state index in [9.17, 15) is 0 Å². The number of rotatable bonds is 1. The summed E-state index contributed by atoms with van der Waals surface area (Å²) < 4.78 is 0. The van der Waals surface area contributed by atoms with Gasteiger partial charge in [-0.2, -0.15) is 5.10 Å². The predicted octanol–water partition coefficient (Wildman–Crippen LogP) is -0.787. The largest absolute Gasteiger partial charge is 0.506 e. The Morgan fingerprint density at radius 2 is 2.31 bits per heavy atom.